The summed E-state index contributed by atoms with van der Waals surface area (Å²) in [5.41, 5.74) is 4.68. The van der Waals surface area contributed by atoms with E-state index in [-0.39, 0.29) is 13.1 Å². The first kappa shape index (κ1) is 16.1. The standard InChI is InChI=1S/C17H21F3N2O/c1-2-12-4-5-13-6-10-22(16(23)17(18,19)20)11-7-14(13)15(12)21-8-3-9-21/h4-5H,2-3,6-11H2,1H3. The van der Waals surface area contributed by atoms with Crippen LogP contribution in [-0.2, 0) is 24.1 Å². The van der Waals surface area contributed by atoms with E-state index in [1.165, 1.54) is 11.3 Å². The molecule has 0 unspecified atom stereocenters. The van der Waals surface area contributed by atoms with Crippen molar-refractivity contribution >= 4 is 11.6 Å². The molecule has 1 aromatic rings. The molecule has 1 fully saturated rings. The van der Waals surface area contributed by atoms with Crippen LogP contribution >= 0.6 is 0 Å². The summed E-state index contributed by atoms with van der Waals surface area (Å²) >= 11 is 0. The Hall–Kier alpha value is -1.72. The van der Waals surface area contributed by atoms with Gasteiger partial charge in [0.25, 0.3) is 0 Å². The zero-order chi connectivity index (χ0) is 16.6. The third kappa shape index (κ3) is 3.03. The van der Waals surface area contributed by atoms with Gasteiger partial charge >= 0.3 is 12.1 Å². The van der Waals surface area contributed by atoms with Crippen molar-refractivity contribution in [1.82, 2.24) is 4.90 Å². The van der Waals surface area contributed by atoms with Crippen molar-refractivity contribution in [2.45, 2.75) is 38.8 Å². The van der Waals surface area contributed by atoms with Crippen molar-refractivity contribution in [3.05, 3.63) is 28.8 Å². The molecule has 0 aromatic heterocycles. The van der Waals surface area contributed by atoms with Crippen molar-refractivity contribution in [3.8, 4) is 0 Å². The number of hydrogen-bond donors (Lipinski definition) is 0. The van der Waals surface area contributed by atoms with Crippen LogP contribution < -0.4 is 4.90 Å². The predicted octanol–water partition coefficient (Wildman–Crippen LogP) is 2.95. The minimum absolute atomic E-state index is 0.135. The Morgan fingerprint density at radius 1 is 1.13 bits per heavy atom. The molecule has 0 bridgehead atoms. The molecule has 0 spiro atoms. The number of nitrogens with zero attached hydrogens (tertiary/aromatic N) is 2. The minimum Gasteiger partial charge on any atom is -0.371 e. The van der Waals surface area contributed by atoms with E-state index in [4.69, 9.17) is 0 Å². The quantitative estimate of drug-likeness (QED) is 0.834. The Morgan fingerprint density at radius 2 is 1.83 bits per heavy atom. The highest BCUT2D eigenvalue weighted by Gasteiger charge is 2.42. The van der Waals surface area contributed by atoms with E-state index in [9.17, 15) is 18.0 Å². The molecule has 6 heteroatoms. The van der Waals surface area contributed by atoms with Gasteiger partial charge in [0.05, 0.1) is 0 Å². The number of fused-ring (bicyclic) bond motifs is 1. The van der Waals surface area contributed by atoms with Gasteiger partial charge in [-0.2, -0.15) is 13.2 Å². The lowest BCUT2D eigenvalue weighted by molar-refractivity contribution is -0.185. The molecule has 0 N–H and O–H groups in total. The molecule has 2 aliphatic rings. The third-order valence-corrected chi connectivity index (χ3v) is 4.83. The van der Waals surface area contributed by atoms with E-state index in [0.29, 0.717) is 12.8 Å². The summed E-state index contributed by atoms with van der Waals surface area (Å²) in [6.45, 7) is 4.39. The van der Waals surface area contributed by atoms with Crippen LogP contribution in [0.2, 0.25) is 0 Å². The van der Waals surface area contributed by atoms with Crippen LogP contribution in [0.3, 0.4) is 0 Å². The van der Waals surface area contributed by atoms with Gasteiger partial charge < -0.3 is 9.80 Å². The summed E-state index contributed by atoms with van der Waals surface area (Å²) in [6.07, 6.45) is -1.74. The lowest BCUT2D eigenvalue weighted by Crippen LogP contribution is -2.42. The van der Waals surface area contributed by atoms with Gasteiger partial charge in [0.1, 0.15) is 0 Å². The van der Waals surface area contributed by atoms with Crippen LogP contribution in [0.1, 0.15) is 30.0 Å². The molecule has 0 radical (unpaired) electrons. The molecule has 23 heavy (non-hydrogen) atoms. The zero-order valence-corrected chi connectivity index (χ0v) is 13.2. The third-order valence-electron chi connectivity index (χ3n) is 4.83. The highest BCUT2D eigenvalue weighted by atomic mass is 19.4. The van der Waals surface area contributed by atoms with Crippen molar-refractivity contribution in [3.63, 3.8) is 0 Å². The summed E-state index contributed by atoms with van der Waals surface area (Å²) in [7, 11) is 0. The number of carbonyl (C=O) groups excluding carboxylic acids is 1. The lowest BCUT2D eigenvalue weighted by atomic mass is 9.93. The second kappa shape index (κ2) is 6.06. The van der Waals surface area contributed by atoms with Crippen molar-refractivity contribution in [2.75, 3.05) is 31.1 Å². The van der Waals surface area contributed by atoms with Gasteiger partial charge in [-0.25, -0.2) is 0 Å². The van der Waals surface area contributed by atoms with E-state index in [0.717, 1.165) is 42.0 Å². The highest BCUT2D eigenvalue weighted by Crippen LogP contribution is 2.34. The SMILES string of the molecule is CCc1ccc2c(c1N1CCC1)CCN(C(=O)C(F)(F)F)CC2. The van der Waals surface area contributed by atoms with Gasteiger partial charge in [0.15, 0.2) is 0 Å². The van der Waals surface area contributed by atoms with Gasteiger partial charge in [0.2, 0.25) is 0 Å². The number of hydrogen-bond acceptors (Lipinski definition) is 2. The van der Waals surface area contributed by atoms with E-state index in [1.54, 1.807) is 0 Å². The summed E-state index contributed by atoms with van der Waals surface area (Å²) in [6, 6.07) is 4.12. The molecule has 3 nitrogen and oxygen atoms in total. The Kier molecular flexibility index (Phi) is 4.25. The predicted molar refractivity (Wildman–Crippen MR) is 82.7 cm³/mol. The summed E-state index contributed by atoms with van der Waals surface area (Å²) < 4.78 is 38.1. The summed E-state index contributed by atoms with van der Waals surface area (Å²) in [4.78, 5) is 14.8. The van der Waals surface area contributed by atoms with E-state index >= 15 is 0 Å². The van der Waals surface area contributed by atoms with Gasteiger partial charge in [-0.3, -0.25) is 4.79 Å². The van der Waals surface area contributed by atoms with Crippen LogP contribution in [0.4, 0.5) is 18.9 Å². The molecule has 2 heterocycles. The molecule has 3 rings (SSSR count). The number of aryl methyl sites for hydroxylation is 1. The molecule has 0 saturated carbocycles. The molecular formula is C17H21F3N2O. The lowest BCUT2D eigenvalue weighted by Gasteiger charge is -2.37. The van der Waals surface area contributed by atoms with Crippen LogP contribution in [0.5, 0.6) is 0 Å². The van der Waals surface area contributed by atoms with Crippen LogP contribution in [0.25, 0.3) is 0 Å². The fourth-order valence-electron chi connectivity index (χ4n) is 3.46. The van der Waals surface area contributed by atoms with E-state index in [1.807, 2.05) is 6.07 Å². The minimum atomic E-state index is -4.79. The van der Waals surface area contributed by atoms with Gasteiger partial charge in [-0.1, -0.05) is 19.1 Å². The van der Waals surface area contributed by atoms with Gasteiger partial charge in [-0.05, 0) is 42.4 Å². The molecule has 0 atom stereocenters. The maximum Gasteiger partial charge on any atom is 0.471 e. The van der Waals surface area contributed by atoms with Crippen molar-refractivity contribution in [1.29, 1.82) is 0 Å². The fraction of sp³-hybridized carbons (Fsp3) is 0.588. The number of carbonyl (C=O) groups is 1. The van der Waals surface area contributed by atoms with E-state index < -0.39 is 12.1 Å². The van der Waals surface area contributed by atoms with E-state index in [2.05, 4.69) is 17.9 Å². The molecule has 1 aromatic carbocycles. The Balaban J connectivity index is 1.89. The first-order chi connectivity index (χ1) is 10.9. The van der Waals surface area contributed by atoms with Crippen molar-refractivity contribution in [2.24, 2.45) is 0 Å². The summed E-state index contributed by atoms with van der Waals surface area (Å²) in [5, 5.41) is 0. The molecular weight excluding hydrogens is 305 g/mol. The number of benzene rings is 1. The molecule has 1 amide bonds. The fourth-order valence-corrected chi connectivity index (χ4v) is 3.46. The van der Waals surface area contributed by atoms with Crippen LogP contribution in [0, 0.1) is 0 Å². The maximum atomic E-state index is 12.7. The average Bonchev–Trinajstić information content (AvgIpc) is 2.66. The topological polar surface area (TPSA) is 23.6 Å². The number of alkyl halides is 3. The van der Waals surface area contributed by atoms with Crippen molar-refractivity contribution < 1.29 is 18.0 Å². The molecule has 126 valence electrons. The number of rotatable bonds is 2. The normalized spacial score (nSPS) is 18.3. The van der Waals surface area contributed by atoms with Gasteiger partial charge in [0, 0.05) is 31.9 Å². The Morgan fingerprint density at radius 3 is 2.39 bits per heavy atom. The first-order valence-electron chi connectivity index (χ1n) is 8.16. The number of halogens is 3. The summed E-state index contributed by atoms with van der Waals surface area (Å²) in [5.74, 6) is -1.72. The van der Waals surface area contributed by atoms with Crippen LogP contribution in [-0.4, -0.2) is 43.2 Å². The Labute approximate surface area is 134 Å². The largest absolute Gasteiger partial charge is 0.471 e. The van der Waals surface area contributed by atoms with Gasteiger partial charge in [-0.15, -0.1) is 0 Å². The molecule has 2 aliphatic heterocycles. The smallest absolute Gasteiger partial charge is 0.371 e. The molecule has 1 saturated heterocycles. The second-order valence-corrected chi connectivity index (χ2v) is 6.20. The zero-order valence-electron chi connectivity index (χ0n) is 13.2. The first-order valence-corrected chi connectivity index (χ1v) is 8.16. The highest BCUT2D eigenvalue weighted by molar-refractivity contribution is 5.82. The molecule has 0 aliphatic carbocycles. The number of amides is 1. The monoisotopic (exact) mass is 326 g/mol. The second-order valence-electron chi connectivity index (χ2n) is 6.20. The average molecular weight is 326 g/mol. The van der Waals surface area contributed by atoms with Crippen LogP contribution in [0.15, 0.2) is 12.1 Å². The maximum absolute atomic E-state index is 12.7. The number of anilines is 1. The Bertz CT molecular complexity index is 609.